The van der Waals surface area contributed by atoms with Crippen molar-refractivity contribution >= 4 is 12.0 Å². The van der Waals surface area contributed by atoms with E-state index in [-0.39, 0.29) is 12.5 Å². The first-order chi connectivity index (χ1) is 11.5. The van der Waals surface area contributed by atoms with Gasteiger partial charge in [-0.1, -0.05) is 42.5 Å². The van der Waals surface area contributed by atoms with E-state index in [0.29, 0.717) is 11.3 Å². The second-order valence-corrected chi connectivity index (χ2v) is 5.72. The first kappa shape index (κ1) is 17.8. The first-order valence-electron chi connectivity index (χ1n) is 7.82. The third-order valence-electron chi connectivity index (χ3n) is 3.79. The summed E-state index contributed by atoms with van der Waals surface area (Å²) in [6, 6.07) is 16.9. The fraction of sp³-hybridized carbons (Fsp3) is 0.250. The number of ether oxygens (including phenoxy) is 1. The van der Waals surface area contributed by atoms with E-state index in [1.165, 1.54) is 4.90 Å². The quantitative estimate of drug-likeness (QED) is 0.829. The molecule has 2 aromatic rings. The SMILES string of the molecule is COc1cccc(C(O)CN(C)C(=O)/C(C)=C/c2ccccc2)c1. The molecular formula is C20H23NO3. The monoisotopic (exact) mass is 325 g/mol. The Balaban J connectivity index is 2.03. The summed E-state index contributed by atoms with van der Waals surface area (Å²) in [6.07, 6.45) is 1.08. The lowest BCUT2D eigenvalue weighted by molar-refractivity contribution is -0.127. The molecule has 0 bridgehead atoms. The minimum absolute atomic E-state index is 0.110. The number of methoxy groups -OCH3 is 1. The smallest absolute Gasteiger partial charge is 0.249 e. The van der Waals surface area contributed by atoms with E-state index in [1.54, 1.807) is 27.1 Å². The fourth-order valence-corrected chi connectivity index (χ4v) is 2.46. The van der Waals surface area contributed by atoms with Crippen LogP contribution in [-0.2, 0) is 4.79 Å². The van der Waals surface area contributed by atoms with Gasteiger partial charge in [-0.3, -0.25) is 4.79 Å². The highest BCUT2D eigenvalue weighted by Crippen LogP contribution is 2.20. The molecule has 0 aliphatic heterocycles. The molecule has 126 valence electrons. The van der Waals surface area contributed by atoms with E-state index in [0.717, 1.165) is 11.1 Å². The zero-order valence-corrected chi connectivity index (χ0v) is 14.3. The lowest BCUT2D eigenvalue weighted by atomic mass is 10.1. The van der Waals surface area contributed by atoms with Gasteiger partial charge >= 0.3 is 0 Å². The summed E-state index contributed by atoms with van der Waals surface area (Å²) in [5.74, 6) is 0.571. The zero-order chi connectivity index (χ0) is 17.5. The van der Waals surface area contributed by atoms with Crippen LogP contribution >= 0.6 is 0 Å². The highest BCUT2D eigenvalue weighted by atomic mass is 16.5. The van der Waals surface area contributed by atoms with Crippen LogP contribution in [0.5, 0.6) is 5.75 Å². The second-order valence-electron chi connectivity index (χ2n) is 5.72. The summed E-state index contributed by atoms with van der Waals surface area (Å²) in [4.78, 5) is 14.0. The molecule has 1 amide bonds. The Bertz CT molecular complexity index is 710. The van der Waals surface area contributed by atoms with E-state index >= 15 is 0 Å². The van der Waals surface area contributed by atoms with Gasteiger partial charge in [0.2, 0.25) is 5.91 Å². The molecule has 2 aromatic carbocycles. The summed E-state index contributed by atoms with van der Waals surface area (Å²) in [5, 5.41) is 10.4. The molecule has 0 saturated heterocycles. The molecule has 0 saturated carbocycles. The van der Waals surface area contributed by atoms with Crippen LogP contribution in [0.4, 0.5) is 0 Å². The molecule has 2 rings (SSSR count). The van der Waals surface area contributed by atoms with E-state index in [4.69, 9.17) is 4.74 Å². The highest BCUT2D eigenvalue weighted by molar-refractivity contribution is 5.97. The Morgan fingerprint density at radius 2 is 1.92 bits per heavy atom. The third-order valence-corrected chi connectivity index (χ3v) is 3.79. The largest absolute Gasteiger partial charge is 0.497 e. The van der Waals surface area contributed by atoms with Crippen LogP contribution in [0.25, 0.3) is 6.08 Å². The van der Waals surface area contributed by atoms with Gasteiger partial charge in [-0.25, -0.2) is 0 Å². The number of aliphatic hydroxyl groups is 1. The Morgan fingerprint density at radius 1 is 1.21 bits per heavy atom. The van der Waals surface area contributed by atoms with Crippen LogP contribution in [0.3, 0.4) is 0 Å². The Kier molecular flexibility index (Phi) is 6.15. The van der Waals surface area contributed by atoms with Gasteiger partial charge in [0.15, 0.2) is 0 Å². The fourth-order valence-electron chi connectivity index (χ4n) is 2.46. The molecule has 0 spiro atoms. The molecule has 0 aliphatic carbocycles. The van der Waals surface area contributed by atoms with Crippen molar-refractivity contribution in [2.45, 2.75) is 13.0 Å². The summed E-state index contributed by atoms with van der Waals surface area (Å²) >= 11 is 0. The molecule has 24 heavy (non-hydrogen) atoms. The van der Waals surface area contributed by atoms with Gasteiger partial charge in [-0.15, -0.1) is 0 Å². The average molecular weight is 325 g/mol. The molecule has 0 fully saturated rings. The topological polar surface area (TPSA) is 49.8 Å². The van der Waals surface area contributed by atoms with Crippen LogP contribution in [0.2, 0.25) is 0 Å². The number of carbonyl (C=O) groups is 1. The summed E-state index contributed by atoms with van der Waals surface area (Å²) in [5.41, 5.74) is 2.32. The van der Waals surface area contributed by atoms with Crippen molar-refractivity contribution in [1.29, 1.82) is 0 Å². The van der Waals surface area contributed by atoms with E-state index < -0.39 is 6.10 Å². The van der Waals surface area contributed by atoms with Crippen molar-refractivity contribution in [1.82, 2.24) is 4.90 Å². The van der Waals surface area contributed by atoms with Gasteiger partial charge in [0.1, 0.15) is 5.75 Å². The van der Waals surface area contributed by atoms with Gasteiger partial charge in [-0.05, 0) is 36.3 Å². The number of hydrogen-bond acceptors (Lipinski definition) is 3. The summed E-state index contributed by atoms with van der Waals surface area (Å²) in [7, 11) is 3.27. The number of nitrogens with zero attached hydrogens (tertiary/aromatic N) is 1. The van der Waals surface area contributed by atoms with Crippen molar-refractivity contribution in [2.75, 3.05) is 20.7 Å². The molecule has 1 unspecified atom stereocenters. The van der Waals surface area contributed by atoms with Gasteiger partial charge in [0.05, 0.1) is 19.8 Å². The maximum Gasteiger partial charge on any atom is 0.249 e. The standard InChI is InChI=1S/C20H23NO3/c1-15(12-16-8-5-4-6-9-16)20(23)21(2)14-19(22)17-10-7-11-18(13-17)24-3/h4-13,19,22H,14H2,1-3H3/b15-12+. The van der Waals surface area contributed by atoms with Crippen molar-refractivity contribution in [2.24, 2.45) is 0 Å². The van der Waals surface area contributed by atoms with Gasteiger partial charge < -0.3 is 14.7 Å². The molecular weight excluding hydrogens is 302 g/mol. The molecule has 1 atom stereocenters. The Morgan fingerprint density at radius 3 is 2.58 bits per heavy atom. The Labute approximate surface area is 143 Å². The minimum atomic E-state index is -0.765. The molecule has 0 aliphatic rings. The lowest BCUT2D eigenvalue weighted by Crippen LogP contribution is -2.31. The van der Waals surface area contributed by atoms with Crippen molar-refractivity contribution in [3.63, 3.8) is 0 Å². The average Bonchev–Trinajstić information content (AvgIpc) is 2.61. The molecule has 0 heterocycles. The number of likely N-dealkylation sites (N-methyl/N-ethyl adjacent to an activating group) is 1. The third kappa shape index (κ3) is 4.70. The number of carbonyl (C=O) groups excluding carboxylic acids is 1. The van der Waals surface area contributed by atoms with E-state index in [1.807, 2.05) is 54.6 Å². The van der Waals surface area contributed by atoms with Crippen LogP contribution in [0, 0.1) is 0 Å². The van der Waals surface area contributed by atoms with E-state index in [2.05, 4.69) is 0 Å². The van der Waals surface area contributed by atoms with Gasteiger partial charge in [0.25, 0.3) is 0 Å². The summed E-state index contributed by atoms with van der Waals surface area (Å²) in [6.45, 7) is 2.00. The minimum Gasteiger partial charge on any atom is -0.497 e. The van der Waals surface area contributed by atoms with Crippen molar-refractivity contribution in [3.05, 3.63) is 71.3 Å². The van der Waals surface area contributed by atoms with Crippen LogP contribution in [0.1, 0.15) is 24.2 Å². The summed E-state index contributed by atoms with van der Waals surface area (Å²) < 4.78 is 5.16. The zero-order valence-electron chi connectivity index (χ0n) is 14.3. The van der Waals surface area contributed by atoms with Crippen LogP contribution < -0.4 is 4.74 Å². The second kappa shape index (κ2) is 8.31. The maximum atomic E-state index is 12.5. The highest BCUT2D eigenvalue weighted by Gasteiger charge is 2.16. The number of amides is 1. The van der Waals surface area contributed by atoms with Gasteiger partial charge in [0, 0.05) is 12.6 Å². The van der Waals surface area contributed by atoms with Crippen molar-refractivity contribution in [3.8, 4) is 5.75 Å². The number of benzene rings is 2. The van der Waals surface area contributed by atoms with Gasteiger partial charge in [-0.2, -0.15) is 0 Å². The molecule has 4 heteroatoms. The molecule has 0 radical (unpaired) electrons. The number of aliphatic hydroxyl groups excluding tert-OH is 1. The predicted molar refractivity (Wildman–Crippen MR) is 95.7 cm³/mol. The predicted octanol–water partition coefficient (Wildman–Crippen LogP) is 3.29. The van der Waals surface area contributed by atoms with E-state index in [9.17, 15) is 9.90 Å². The maximum absolute atomic E-state index is 12.5. The molecule has 0 aromatic heterocycles. The lowest BCUT2D eigenvalue weighted by Gasteiger charge is -2.21. The first-order valence-corrected chi connectivity index (χ1v) is 7.82. The van der Waals surface area contributed by atoms with Crippen LogP contribution in [0.15, 0.2) is 60.2 Å². The van der Waals surface area contributed by atoms with Crippen molar-refractivity contribution < 1.29 is 14.6 Å². The molecule has 1 N–H and O–H groups in total. The number of hydrogen-bond donors (Lipinski definition) is 1. The Hall–Kier alpha value is -2.59. The molecule has 4 nitrogen and oxygen atoms in total. The van der Waals surface area contributed by atoms with Crippen LogP contribution in [-0.4, -0.2) is 36.6 Å². The normalized spacial score (nSPS) is 12.6. The number of rotatable bonds is 6.